The summed E-state index contributed by atoms with van der Waals surface area (Å²) in [5, 5.41) is 7.36. The van der Waals surface area contributed by atoms with E-state index in [1.807, 2.05) is 12.1 Å². The predicted molar refractivity (Wildman–Crippen MR) is 117 cm³/mol. The summed E-state index contributed by atoms with van der Waals surface area (Å²) in [6.45, 7) is 13.4. The number of ether oxygens (including phenoxy) is 3. The smallest absolute Gasteiger partial charge is 0.191 e. The van der Waals surface area contributed by atoms with Gasteiger partial charge in [0.05, 0.1) is 24.8 Å². The molecule has 3 rings (SSSR count). The van der Waals surface area contributed by atoms with E-state index in [4.69, 9.17) is 30.8 Å². The van der Waals surface area contributed by atoms with Crippen LogP contribution in [0.3, 0.4) is 0 Å². The summed E-state index contributed by atoms with van der Waals surface area (Å²) in [4.78, 5) is 7.27. The fourth-order valence-electron chi connectivity index (χ4n) is 3.52. The van der Waals surface area contributed by atoms with E-state index in [0.717, 1.165) is 69.6 Å². The maximum atomic E-state index is 6.34. The third kappa shape index (κ3) is 6.14. The van der Waals surface area contributed by atoms with Crippen molar-refractivity contribution in [3.63, 3.8) is 0 Å². The van der Waals surface area contributed by atoms with Crippen molar-refractivity contribution in [3.05, 3.63) is 22.7 Å². The number of nitrogens with zero attached hydrogens (tertiary/aromatic N) is 2. The number of hydrogen-bond acceptors (Lipinski definition) is 5. The van der Waals surface area contributed by atoms with Gasteiger partial charge in [-0.25, -0.2) is 0 Å². The van der Waals surface area contributed by atoms with Gasteiger partial charge in [-0.1, -0.05) is 11.6 Å². The van der Waals surface area contributed by atoms with E-state index in [1.165, 1.54) is 0 Å². The molecular weight excluding hydrogens is 392 g/mol. The lowest BCUT2D eigenvalue weighted by molar-refractivity contribution is -0.00683. The standard InChI is InChI=1S/C21H33ClN4O3/c1-4-23-20(25-15-21(2,3)26-7-9-27-10-8-26)24-6-5-16-13-17(22)19-18(14-16)28-11-12-29-19/h13-14H,4-12,15H2,1-3H3,(H2,23,24,25). The average molecular weight is 425 g/mol. The number of benzene rings is 1. The number of nitrogens with one attached hydrogen (secondary N) is 2. The van der Waals surface area contributed by atoms with Gasteiger partial charge in [0.1, 0.15) is 13.2 Å². The number of fused-ring (bicyclic) bond motifs is 1. The molecule has 2 aliphatic rings. The van der Waals surface area contributed by atoms with E-state index in [1.54, 1.807) is 0 Å². The van der Waals surface area contributed by atoms with E-state index in [9.17, 15) is 0 Å². The number of hydrogen-bond donors (Lipinski definition) is 2. The Kier molecular flexibility index (Phi) is 7.86. The van der Waals surface area contributed by atoms with Gasteiger partial charge in [0.2, 0.25) is 0 Å². The Morgan fingerprint density at radius 3 is 2.66 bits per heavy atom. The topological polar surface area (TPSA) is 67.4 Å². The minimum absolute atomic E-state index is 0.00448. The molecule has 2 N–H and O–H groups in total. The van der Waals surface area contributed by atoms with Crippen LogP contribution in [0.4, 0.5) is 0 Å². The summed E-state index contributed by atoms with van der Waals surface area (Å²) in [6.07, 6.45) is 0.813. The number of guanidine groups is 1. The Bertz CT molecular complexity index is 705. The minimum Gasteiger partial charge on any atom is -0.486 e. The van der Waals surface area contributed by atoms with Crippen LogP contribution in [0.5, 0.6) is 11.5 Å². The Balaban J connectivity index is 1.55. The summed E-state index contributed by atoms with van der Waals surface area (Å²) >= 11 is 6.34. The number of halogens is 1. The highest BCUT2D eigenvalue weighted by atomic mass is 35.5. The van der Waals surface area contributed by atoms with E-state index in [-0.39, 0.29) is 5.54 Å². The zero-order valence-corrected chi connectivity index (χ0v) is 18.5. The molecule has 1 aromatic rings. The molecule has 1 fully saturated rings. The molecule has 0 aliphatic carbocycles. The molecule has 2 heterocycles. The van der Waals surface area contributed by atoms with Gasteiger partial charge in [-0.05, 0) is 44.9 Å². The van der Waals surface area contributed by atoms with Crippen molar-refractivity contribution < 1.29 is 14.2 Å². The van der Waals surface area contributed by atoms with Gasteiger partial charge in [-0.3, -0.25) is 9.89 Å². The second-order valence-corrected chi connectivity index (χ2v) is 8.29. The SMILES string of the molecule is CCNC(=NCC(C)(C)N1CCOCC1)NCCc1cc(Cl)c2c(c1)OCCO2. The first kappa shape index (κ1) is 22.0. The largest absolute Gasteiger partial charge is 0.486 e. The average Bonchev–Trinajstić information content (AvgIpc) is 2.73. The highest BCUT2D eigenvalue weighted by Crippen LogP contribution is 2.38. The van der Waals surface area contributed by atoms with Gasteiger partial charge >= 0.3 is 0 Å². The Morgan fingerprint density at radius 2 is 1.90 bits per heavy atom. The van der Waals surface area contributed by atoms with Crippen molar-refractivity contribution in [2.24, 2.45) is 4.99 Å². The van der Waals surface area contributed by atoms with Crippen LogP contribution in [-0.4, -0.2) is 75.5 Å². The van der Waals surface area contributed by atoms with Crippen molar-refractivity contribution in [2.45, 2.75) is 32.7 Å². The Labute approximate surface area is 178 Å². The van der Waals surface area contributed by atoms with Crippen molar-refractivity contribution in [1.82, 2.24) is 15.5 Å². The Morgan fingerprint density at radius 1 is 1.14 bits per heavy atom. The number of morpholine rings is 1. The van der Waals surface area contributed by atoms with E-state index < -0.39 is 0 Å². The molecule has 0 unspecified atom stereocenters. The van der Waals surface area contributed by atoms with E-state index in [0.29, 0.717) is 24.0 Å². The highest BCUT2D eigenvalue weighted by molar-refractivity contribution is 6.32. The summed E-state index contributed by atoms with van der Waals surface area (Å²) in [7, 11) is 0. The first-order valence-electron chi connectivity index (χ1n) is 10.4. The maximum Gasteiger partial charge on any atom is 0.191 e. The van der Waals surface area contributed by atoms with Gasteiger partial charge in [0, 0.05) is 31.7 Å². The molecule has 1 saturated heterocycles. The normalized spacial score (nSPS) is 17.9. The predicted octanol–water partition coefficient (Wildman–Crippen LogP) is 2.32. The summed E-state index contributed by atoms with van der Waals surface area (Å²) in [5.74, 6) is 2.21. The molecular formula is C21H33ClN4O3. The van der Waals surface area contributed by atoms with Crippen LogP contribution < -0.4 is 20.1 Å². The molecule has 0 radical (unpaired) electrons. The summed E-state index contributed by atoms with van der Waals surface area (Å²) < 4.78 is 16.7. The number of aliphatic imine (C=N–C) groups is 1. The van der Waals surface area contributed by atoms with Crippen molar-refractivity contribution in [2.75, 3.05) is 59.2 Å². The van der Waals surface area contributed by atoms with Crippen LogP contribution in [0.15, 0.2) is 17.1 Å². The highest BCUT2D eigenvalue weighted by Gasteiger charge is 2.28. The summed E-state index contributed by atoms with van der Waals surface area (Å²) in [5.41, 5.74) is 1.10. The van der Waals surface area contributed by atoms with Crippen molar-refractivity contribution in [1.29, 1.82) is 0 Å². The maximum absolute atomic E-state index is 6.34. The van der Waals surface area contributed by atoms with Crippen molar-refractivity contribution >= 4 is 17.6 Å². The molecule has 29 heavy (non-hydrogen) atoms. The van der Waals surface area contributed by atoms with Gasteiger partial charge in [0.25, 0.3) is 0 Å². The van der Waals surface area contributed by atoms with Crippen LogP contribution in [0.25, 0.3) is 0 Å². The first-order valence-corrected chi connectivity index (χ1v) is 10.8. The van der Waals surface area contributed by atoms with Crippen LogP contribution in [0, 0.1) is 0 Å². The molecule has 0 atom stereocenters. The minimum atomic E-state index is -0.00448. The Hall–Kier alpha value is -1.70. The van der Waals surface area contributed by atoms with Crippen LogP contribution in [0.1, 0.15) is 26.3 Å². The second-order valence-electron chi connectivity index (χ2n) is 7.89. The lowest BCUT2D eigenvalue weighted by Crippen LogP contribution is -2.52. The molecule has 7 nitrogen and oxygen atoms in total. The van der Waals surface area contributed by atoms with Crippen LogP contribution >= 0.6 is 11.6 Å². The number of rotatable bonds is 7. The molecule has 162 valence electrons. The summed E-state index contributed by atoms with van der Waals surface area (Å²) in [6, 6.07) is 3.95. The van der Waals surface area contributed by atoms with Crippen molar-refractivity contribution in [3.8, 4) is 11.5 Å². The molecule has 0 saturated carbocycles. The van der Waals surface area contributed by atoms with Gasteiger partial charge in [0.15, 0.2) is 17.5 Å². The second kappa shape index (κ2) is 10.4. The lowest BCUT2D eigenvalue weighted by atomic mass is 10.0. The fraction of sp³-hybridized carbons (Fsp3) is 0.667. The molecule has 0 spiro atoms. The molecule has 2 aliphatic heterocycles. The molecule has 0 amide bonds. The van der Waals surface area contributed by atoms with Gasteiger partial charge in [-0.2, -0.15) is 0 Å². The fourth-order valence-corrected chi connectivity index (χ4v) is 3.80. The van der Waals surface area contributed by atoms with Gasteiger partial charge < -0.3 is 24.8 Å². The quantitative estimate of drug-likeness (QED) is 0.517. The lowest BCUT2D eigenvalue weighted by Gasteiger charge is -2.39. The molecule has 8 heteroatoms. The zero-order chi connectivity index (χ0) is 20.7. The third-order valence-corrected chi connectivity index (χ3v) is 5.48. The van der Waals surface area contributed by atoms with Gasteiger partial charge in [-0.15, -0.1) is 0 Å². The third-order valence-electron chi connectivity index (χ3n) is 5.20. The van der Waals surface area contributed by atoms with E-state index in [2.05, 4.69) is 36.3 Å². The zero-order valence-electron chi connectivity index (χ0n) is 17.7. The monoisotopic (exact) mass is 424 g/mol. The van der Waals surface area contributed by atoms with Crippen LogP contribution in [0.2, 0.25) is 5.02 Å². The molecule has 0 aromatic heterocycles. The first-order chi connectivity index (χ1) is 14.0. The van der Waals surface area contributed by atoms with E-state index >= 15 is 0 Å². The molecule has 0 bridgehead atoms. The molecule has 1 aromatic carbocycles. The van der Waals surface area contributed by atoms with Crippen LogP contribution in [-0.2, 0) is 11.2 Å².